The second kappa shape index (κ2) is 6.14. The molecule has 1 aromatic rings. The third-order valence-corrected chi connectivity index (χ3v) is 5.08. The molecule has 2 aliphatic rings. The van der Waals surface area contributed by atoms with E-state index in [1.807, 2.05) is 11.4 Å². The van der Waals surface area contributed by atoms with Crippen molar-refractivity contribution in [3.8, 4) is 5.75 Å². The van der Waals surface area contributed by atoms with Gasteiger partial charge in [-0.05, 0) is 44.7 Å². The molecule has 2 fully saturated rings. The van der Waals surface area contributed by atoms with Crippen molar-refractivity contribution < 1.29 is 9.53 Å². The van der Waals surface area contributed by atoms with Gasteiger partial charge in [-0.25, -0.2) is 0 Å². The molecule has 1 aromatic heterocycles. The van der Waals surface area contributed by atoms with Crippen molar-refractivity contribution in [2.75, 3.05) is 26.7 Å². The Bertz CT molecular complexity index is 464. The van der Waals surface area contributed by atoms with Gasteiger partial charge in [-0.1, -0.05) is 0 Å². The standard InChI is InChI=1S/C15H22N2O2S/c1-19-13-8-14(20-10-13)15(18)17(12-2-3-12)9-11-4-6-16-7-5-11/h8,10-12,16H,2-7,9H2,1H3. The number of amides is 1. The Hall–Kier alpha value is -1.07. The van der Waals surface area contributed by atoms with Gasteiger partial charge in [-0.15, -0.1) is 11.3 Å². The van der Waals surface area contributed by atoms with Crippen LogP contribution < -0.4 is 10.1 Å². The van der Waals surface area contributed by atoms with Gasteiger partial charge in [0.25, 0.3) is 5.91 Å². The number of methoxy groups -OCH3 is 1. The van der Waals surface area contributed by atoms with E-state index < -0.39 is 0 Å². The number of carbonyl (C=O) groups excluding carboxylic acids is 1. The van der Waals surface area contributed by atoms with Gasteiger partial charge in [-0.3, -0.25) is 4.79 Å². The highest BCUT2D eigenvalue weighted by atomic mass is 32.1. The van der Waals surface area contributed by atoms with Crippen molar-refractivity contribution in [2.24, 2.45) is 5.92 Å². The van der Waals surface area contributed by atoms with Gasteiger partial charge in [0.15, 0.2) is 0 Å². The summed E-state index contributed by atoms with van der Waals surface area (Å²) in [6.45, 7) is 3.10. The van der Waals surface area contributed by atoms with E-state index in [1.165, 1.54) is 37.0 Å². The molecule has 2 heterocycles. The normalized spacial score (nSPS) is 19.9. The molecular weight excluding hydrogens is 272 g/mol. The summed E-state index contributed by atoms with van der Waals surface area (Å²) in [4.78, 5) is 15.6. The quantitative estimate of drug-likeness (QED) is 0.906. The lowest BCUT2D eigenvalue weighted by atomic mass is 9.97. The molecule has 5 heteroatoms. The van der Waals surface area contributed by atoms with E-state index in [0.717, 1.165) is 30.3 Å². The van der Waals surface area contributed by atoms with Gasteiger partial charge >= 0.3 is 0 Å². The minimum atomic E-state index is 0.194. The fraction of sp³-hybridized carbons (Fsp3) is 0.667. The fourth-order valence-electron chi connectivity index (χ4n) is 2.81. The van der Waals surface area contributed by atoms with Crippen LogP contribution in [-0.4, -0.2) is 43.6 Å². The minimum absolute atomic E-state index is 0.194. The molecule has 1 saturated carbocycles. The summed E-state index contributed by atoms with van der Waals surface area (Å²) < 4.78 is 5.18. The molecule has 1 aliphatic carbocycles. The summed E-state index contributed by atoms with van der Waals surface area (Å²) in [5.74, 6) is 1.64. The Morgan fingerprint density at radius 3 is 2.75 bits per heavy atom. The molecule has 0 bridgehead atoms. The van der Waals surface area contributed by atoms with Crippen molar-refractivity contribution in [2.45, 2.75) is 31.7 Å². The zero-order chi connectivity index (χ0) is 13.9. The number of hydrogen-bond acceptors (Lipinski definition) is 4. The van der Waals surface area contributed by atoms with Crippen LogP contribution >= 0.6 is 11.3 Å². The summed E-state index contributed by atoms with van der Waals surface area (Å²) in [6.07, 6.45) is 4.70. The van der Waals surface area contributed by atoms with Crippen LogP contribution in [0.15, 0.2) is 11.4 Å². The number of carbonyl (C=O) groups is 1. The monoisotopic (exact) mass is 294 g/mol. The molecule has 0 spiro atoms. The zero-order valence-electron chi connectivity index (χ0n) is 11.9. The Kier molecular flexibility index (Phi) is 4.27. The first-order valence-electron chi connectivity index (χ1n) is 7.42. The van der Waals surface area contributed by atoms with Gasteiger partial charge in [0.05, 0.1) is 12.0 Å². The maximum Gasteiger partial charge on any atom is 0.264 e. The molecule has 1 aliphatic heterocycles. The highest BCUT2D eigenvalue weighted by molar-refractivity contribution is 7.12. The highest BCUT2D eigenvalue weighted by Gasteiger charge is 2.35. The lowest BCUT2D eigenvalue weighted by molar-refractivity contribution is 0.0706. The number of ether oxygens (including phenoxy) is 1. The second-order valence-electron chi connectivity index (χ2n) is 5.73. The molecule has 1 amide bonds. The number of piperidine rings is 1. The van der Waals surface area contributed by atoms with E-state index >= 15 is 0 Å². The summed E-state index contributed by atoms with van der Waals surface area (Å²) >= 11 is 1.49. The first kappa shape index (κ1) is 13.9. The molecule has 1 N–H and O–H groups in total. The highest BCUT2D eigenvalue weighted by Crippen LogP contribution is 2.32. The van der Waals surface area contributed by atoms with E-state index in [2.05, 4.69) is 10.2 Å². The number of rotatable bonds is 5. The predicted octanol–water partition coefficient (Wildman–Crippen LogP) is 2.36. The van der Waals surface area contributed by atoms with Gasteiger partial charge in [0.2, 0.25) is 0 Å². The van der Waals surface area contributed by atoms with Crippen molar-refractivity contribution >= 4 is 17.2 Å². The van der Waals surface area contributed by atoms with Crippen LogP contribution in [0.1, 0.15) is 35.4 Å². The lowest BCUT2D eigenvalue weighted by Crippen LogP contribution is -2.40. The molecule has 3 rings (SSSR count). The summed E-state index contributed by atoms with van der Waals surface area (Å²) in [7, 11) is 1.64. The SMILES string of the molecule is COc1csc(C(=O)N(CC2CCNCC2)C2CC2)c1. The number of thiophene rings is 1. The first-order valence-corrected chi connectivity index (χ1v) is 8.30. The van der Waals surface area contributed by atoms with Crippen LogP contribution in [-0.2, 0) is 0 Å². The van der Waals surface area contributed by atoms with Crippen LogP contribution in [0.2, 0.25) is 0 Å². The molecule has 0 atom stereocenters. The van der Waals surface area contributed by atoms with E-state index in [0.29, 0.717) is 12.0 Å². The third kappa shape index (κ3) is 3.15. The molecule has 0 aromatic carbocycles. The molecule has 20 heavy (non-hydrogen) atoms. The molecule has 0 radical (unpaired) electrons. The average Bonchev–Trinajstić information content (AvgIpc) is 3.21. The third-order valence-electron chi connectivity index (χ3n) is 4.18. The fourth-order valence-corrected chi connectivity index (χ4v) is 3.62. The Labute approximate surface area is 124 Å². The number of nitrogens with one attached hydrogen (secondary N) is 1. The summed E-state index contributed by atoms with van der Waals surface area (Å²) in [6, 6.07) is 2.34. The second-order valence-corrected chi connectivity index (χ2v) is 6.64. The summed E-state index contributed by atoms with van der Waals surface area (Å²) in [5, 5.41) is 5.29. The number of hydrogen-bond donors (Lipinski definition) is 1. The van der Waals surface area contributed by atoms with Crippen molar-refractivity contribution in [1.29, 1.82) is 0 Å². The maximum absolute atomic E-state index is 12.7. The van der Waals surface area contributed by atoms with Crippen LogP contribution in [0.5, 0.6) is 5.75 Å². The topological polar surface area (TPSA) is 41.6 Å². The van der Waals surface area contributed by atoms with Crippen molar-refractivity contribution in [3.63, 3.8) is 0 Å². The largest absolute Gasteiger partial charge is 0.496 e. The Morgan fingerprint density at radius 1 is 1.40 bits per heavy atom. The molecule has 110 valence electrons. The maximum atomic E-state index is 12.7. The smallest absolute Gasteiger partial charge is 0.264 e. The van der Waals surface area contributed by atoms with Crippen molar-refractivity contribution in [1.82, 2.24) is 10.2 Å². The lowest BCUT2D eigenvalue weighted by Gasteiger charge is -2.30. The van der Waals surface area contributed by atoms with E-state index in [4.69, 9.17) is 4.74 Å². The van der Waals surface area contributed by atoms with Crippen LogP contribution in [0.25, 0.3) is 0 Å². The van der Waals surface area contributed by atoms with Crippen LogP contribution in [0.3, 0.4) is 0 Å². The minimum Gasteiger partial charge on any atom is -0.496 e. The molecule has 4 nitrogen and oxygen atoms in total. The number of nitrogens with zero attached hydrogens (tertiary/aromatic N) is 1. The van der Waals surface area contributed by atoms with Gasteiger partial charge in [0, 0.05) is 24.0 Å². The molecule has 1 saturated heterocycles. The molecule has 0 unspecified atom stereocenters. The Morgan fingerprint density at radius 2 is 2.15 bits per heavy atom. The zero-order valence-corrected chi connectivity index (χ0v) is 12.7. The van der Waals surface area contributed by atoms with Crippen molar-refractivity contribution in [3.05, 3.63) is 16.3 Å². The van der Waals surface area contributed by atoms with Crippen LogP contribution in [0, 0.1) is 5.92 Å². The average molecular weight is 294 g/mol. The van der Waals surface area contributed by atoms with Gasteiger partial charge in [0.1, 0.15) is 5.75 Å². The van der Waals surface area contributed by atoms with E-state index in [9.17, 15) is 4.79 Å². The molecular formula is C15H22N2O2S. The van der Waals surface area contributed by atoms with Gasteiger partial charge < -0.3 is 15.0 Å². The Balaban J connectivity index is 1.67. The predicted molar refractivity (Wildman–Crippen MR) is 80.5 cm³/mol. The first-order chi connectivity index (χ1) is 9.78. The van der Waals surface area contributed by atoms with Crippen LogP contribution in [0.4, 0.5) is 0 Å². The van der Waals surface area contributed by atoms with E-state index in [-0.39, 0.29) is 5.91 Å². The van der Waals surface area contributed by atoms with Gasteiger partial charge in [-0.2, -0.15) is 0 Å². The van der Waals surface area contributed by atoms with E-state index in [1.54, 1.807) is 7.11 Å². The summed E-state index contributed by atoms with van der Waals surface area (Å²) in [5.41, 5.74) is 0.